The van der Waals surface area contributed by atoms with Gasteiger partial charge in [0.1, 0.15) is 46.3 Å². The van der Waals surface area contributed by atoms with Crippen LogP contribution in [0.4, 0.5) is 8.78 Å². The number of rotatable bonds is 10. The lowest BCUT2D eigenvalue weighted by atomic mass is 10.0. The number of nitrogens with zero attached hydrogens (tertiary/aromatic N) is 4. The average Bonchev–Trinajstić information content (AvgIpc) is 3.59. The molecule has 0 aliphatic carbocycles. The number of ether oxygens (including phenoxy) is 3. The molecule has 0 amide bonds. The molecule has 0 radical (unpaired) electrons. The first-order valence-electron chi connectivity index (χ1n) is 13.3. The van der Waals surface area contributed by atoms with E-state index in [0.717, 1.165) is 23.4 Å². The van der Waals surface area contributed by atoms with Gasteiger partial charge < -0.3 is 23.9 Å². The second-order valence-corrected chi connectivity index (χ2v) is 11.1. The lowest BCUT2D eigenvalue weighted by molar-refractivity contribution is -0.0589. The van der Waals surface area contributed by atoms with E-state index < -0.39 is 17.6 Å². The highest BCUT2D eigenvalue weighted by atomic mass is 32.1. The maximum Gasteiger partial charge on any atom is 0.335 e. The van der Waals surface area contributed by atoms with Gasteiger partial charge in [-0.15, -0.1) is 11.3 Å². The summed E-state index contributed by atoms with van der Waals surface area (Å²) in [6.45, 7) is 1.18. The van der Waals surface area contributed by atoms with Gasteiger partial charge in [-0.3, -0.25) is 0 Å². The van der Waals surface area contributed by atoms with Gasteiger partial charge in [0.15, 0.2) is 0 Å². The van der Waals surface area contributed by atoms with Gasteiger partial charge in [0.25, 0.3) is 0 Å². The fraction of sp³-hybridized carbons (Fsp3) is 0.226. The zero-order chi connectivity index (χ0) is 30.1. The Morgan fingerprint density at radius 2 is 2.02 bits per heavy atom. The highest BCUT2D eigenvalue weighted by molar-refractivity contribution is 7.12. The van der Waals surface area contributed by atoms with Gasteiger partial charge in [-0.05, 0) is 54.4 Å². The van der Waals surface area contributed by atoms with E-state index in [1.54, 1.807) is 34.9 Å². The highest BCUT2D eigenvalue weighted by Gasteiger charge is 2.25. The Labute approximate surface area is 248 Å². The number of benzene rings is 2. The third-order valence-corrected chi connectivity index (χ3v) is 8.13. The molecular formula is C31H24F2N4O5S. The van der Waals surface area contributed by atoms with E-state index in [1.165, 1.54) is 30.6 Å². The Kier molecular flexibility index (Phi) is 7.75. The quantitative estimate of drug-likeness (QED) is 0.208. The highest BCUT2D eigenvalue weighted by Crippen LogP contribution is 2.32. The van der Waals surface area contributed by atoms with E-state index in [9.17, 15) is 9.90 Å². The van der Waals surface area contributed by atoms with E-state index in [-0.39, 0.29) is 53.1 Å². The van der Waals surface area contributed by atoms with Gasteiger partial charge in [-0.2, -0.15) is 5.26 Å². The second kappa shape index (κ2) is 11.8. The monoisotopic (exact) mass is 602 g/mol. The molecule has 5 aromatic rings. The summed E-state index contributed by atoms with van der Waals surface area (Å²) in [5, 5.41) is 18.6. The van der Waals surface area contributed by atoms with Crippen LogP contribution in [0.25, 0.3) is 22.3 Å². The van der Waals surface area contributed by atoms with Crippen molar-refractivity contribution in [1.29, 1.82) is 5.26 Å². The number of hydrogen-bond donors (Lipinski definition) is 1. The Morgan fingerprint density at radius 1 is 1.19 bits per heavy atom. The van der Waals surface area contributed by atoms with Crippen molar-refractivity contribution >= 4 is 28.3 Å². The van der Waals surface area contributed by atoms with E-state index in [2.05, 4.69) is 16.0 Å². The summed E-state index contributed by atoms with van der Waals surface area (Å²) < 4.78 is 49.5. The normalized spacial score (nSPS) is 14.3. The number of pyridine rings is 1. The SMILES string of the molecule is COc1cc(C(=O)O)cc2c1nc(Cc1cc(F)c(-c3cccc(OCc4ccc(C#N)s4)n3)cc1F)n2CC1CCO1. The zero-order valence-corrected chi connectivity index (χ0v) is 23.7. The van der Waals surface area contributed by atoms with Crippen LogP contribution in [0.15, 0.2) is 54.6 Å². The van der Waals surface area contributed by atoms with E-state index in [0.29, 0.717) is 34.9 Å². The van der Waals surface area contributed by atoms with Crippen LogP contribution in [0, 0.1) is 23.0 Å². The average molecular weight is 603 g/mol. The molecule has 1 aliphatic rings. The first-order valence-corrected chi connectivity index (χ1v) is 14.1. The number of fused-ring (bicyclic) bond motifs is 1. The lowest BCUT2D eigenvalue weighted by Gasteiger charge is -2.27. The summed E-state index contributed by atoms with van der Waals surface area (Å²) in [4.78, 5) is 22.2. The molecular weight excluding hydrogens is 578 g/mol. The number of thiophene rings is 1. The van der Waals surface area contributed by atoms with Crippen LogP contribution < -0.4 is 9.47 Å². The third kappa shape index (κ3) is 5.77. The summed E-state index contributed by atoms with van der Waals surface area (Å²) in [7, 11) is 1.42. The minimum absolute atomic E-state index is 0.0224. The lowest BCUT2D eigenvalue weighted by Crippen LogP contribution is -2.31. The molecule has 4 heterocycles. The summed E-state index contributed by atoms with van der Waals surface area (Å²) in [6, 6.07) is 15.5. The van der Waals surface area contributed by atoms with Crippen molar-refractivity contribution in [3.8, 4) is 29.0 Å². The minimum atomic E-state index is -1.12. The van der Waals surface area contributed by atoms with Gasteiger partial charge in [-0.1, -0.05) is 6.07 Å². The van der Waals surface area contributed by atoms with E-state index >= 15 is 8.78 Å². The van der Waals surface area contributed by atoms with Crippen LogP contribution >= 0.6 is 11.3 Å². The van der Waals surface area contributed by atoms with Crippen molar-refractivity contribution in [2.24, 2.45) is 0 Å². The molecule has 1 fully saturated rings. The summed E-state index contributed by atoms with van der Waals surface area (Å²) in [5.74, 6) is -1.53. The minimum Gasteiger partial charge on any atom is -0.494 e. The predicted octanol–water partition coefficient (Wildman–Crippen LogP) is 5.98. The van der Waals surface area contributed by atoms with Gasteiger partial charge in [0, 0.05) is 29.5 Å². The number of carboxylic acid groups (broad SMARTS) is 1. The van der Waals surface area contributed by atoms with Gasteiger partial charge in [0.05, 0.1) is 36.5 Å². The molecule has 1 unspecified atom stereocenters. The van der Waals surface area contributed by atoms with Crippen LogP contribution in [-0.2, 0) is 24.3 Å². The molecule has 1 N–H and O–H groups in total. The van der Waals surface area contributed by atoms with Crippen molar-refractivity contribution in [2.45, 2.75) is 32.1 Å². The second-order valence-electron chi connectivity index (χ2n) is 9.90. The molecule has 9 nitrogen and oxygen atoms in total. The van der Waals surface area contributed by atoms with Crippen LogP contribution in [-0.4, -0.2) is 45.4 Å². The van der Waals surface area contributed by atoms with Gasteiger partial charge in [-0.25, -0.2) is 23.5 Å². The summed E-state index contributed by atoms with van der Waals surface area (Å²) >= 11 is 1.30. The molecule has 0 spiro atoms. The maximum atomic E-state index is 15.5. The molecule has 1 saturated heterocycles. The molecule has 1 aliphatic heterocycles. The molecule has 43 heavy (non-hydrogen) atoms. The summed E-state index contributed by atoms with van der Waals surface area (Å²) in [6.07, 6.45) is 0.655. The van der Waals surface area contributed by atoms with Crippen molar-refractivity contribution < 1.29 is 32.9 Å². The number of carbonyl (C=O) groups is 1. The van der Waals surface area contributed by atoms with E-state index in [4.69, 9.17) is 19.5 Å². The van der Waals surface area contributed by atoms with Crippen molar-refractivity contribution in [1.82, 2.24) is 14.5 Å². The number of carboxylic acids is 1. The van der Waals surface area contributed by atoms with Gasteiger partial charge in [0.2, 0.25) is 5.88 Å². The molecule has 6 rings (SSSR count). The standard InChI is InChI=1S/C31H24F2N4O5S/c1-40-27-11-18(31(38)39)10-26-30(27)36-28(37(26)15-19-7-8-41-19)12-17-9-24(33)22(13-23(17)32)25-3-2-4-29(35-25)42-16-21-6-5-20(14-34)43-21/h2-6,9-11,13,19H,7-8,12,15-16H2,1H3,(H,38,39). The Hall–Kier alpha value is -4.86. The smallest absolute Gasteiger partial charge is 0.335 e. The predicted molar refractivity (Wildman–Crippen MR) is 153 cm³/mol. The van der Waals surface area contributed by atoms with Crippen molar-refractivity contribution in [3.63, 3.8) is 0 Å². The van der Waals surface area contributed by atoms with Crippen LogP contribution in [0.2, 0.25) is 0 Å². The third-order valence-electron chi connectivity index (χ3n) is 7.16. The number of methoxy groups -OCH3 is 1. The van der Waals surface area contributed by atoms with Crippen LogP contribution in [0.1, 0.15) is 37.9 Å². The molecule has 3 aromatic heterocycles. The number of halogens is 2. The topological polar surface area (TPSA) is 119 Å². The fourth-order valence-electron chi connectivity index (χ4n) is 4.89. The molecule has 2 aromatic carbocycles. The van der Waals surface area contributed by atoms with Crippen molar-refractivity contribution in [2.75, 3.05) is 13.7 Å². The Morgan fingerprint density at radius 3 is 2.72 bits per heavy atom. The first-order chi connectivity index (χ1) is 20.8. The number of nitriles is 1. The van der Waals surface area contributed by atoms with Gasteiger partial charge >= 0.3 is 5.97 Å². The number of hydrogen-bond acceptors (Lipinski definition) is 8. The largest absolute Gasteiger partial charge is 0.494 e. The molecule has 12 heteroatoms. The molecule has 218 valence electrons. The number of aromatic carboxylic acids is 1. The molecule has 1 atom stereocenters. The molecule has 0 bridgehead atoms. The van der Waals surface area contributed by atoms with Crippen LogP contribution in [0.3, 0.4) is 0 Å². The van der Waals surface area contributed by atoms with E-state index in [1.807, 2.05) is 0 Å². The fourth-order valence-corrected chi connectivity index (χ4v) is 5.60. The maximum absolute atomic E-state index is 15.5. The number of imidazole rings is 1. The summed E-state index contributed by atoms with van der Waals surface area (Å²) in [5.41, 5.74) is 1.19. The number of aromatic nitrogens is 3. The first kappa shape index (κ1) is 28.3. The molecule has 0 saturated carbocycles. The van der Waals surface area contributed by atoms with Crippen LogP contribution in [0.5, 0.6) is 11.6 Å². The zero-order valence-electron chi connectivity index (χ0n) is 22.8. The Balaban J connectivity index is 1.30. The Bertz CT molecular complexity index is 1890. The van der Waals surface area contributed by atoms with Crippen molar-refractivity contribution in [3.05, 3.63) is 92.9 Å².